The van der Waals surface area contributed by atoms with Crippen molar-refractivity contribution < 1.29 is 13.7 Å². The molecule has 1 fully saturated rings. The molecule has 5 rings (SSSR count). The lowest BCUT2D eigenvalue weighted by Crippen LogP contribution is -2.60. The van der Waals surface area contributed by atoms with E-state index >= 15 is 0 Å². The summed E-state index contributed by atoms with van der Waals surface area (Å²) in [4.78, 5) is 11.2. The van der Waals surface area contributed by atoms with Crippen LogP contribution in [0.3, 0.4) is 0 Å². The van der Waals surface area contributed by atoms with Gasteiger partial charge in [-0.3, -0.25) is 0 Å². The van der Waals surface area contributed by atoms with Crippen LogP contribution in [-0.4, -0.2) is 43.7 Å². The zero-order chi connectivity index (χ0) is 21.1. The molecule has 2 aromatic rings. The van der Waals surface area contributed by atoms with Crippen molar-refractivity contribution in [3.05, 3.63) is 40.6 Å². The van der Waals surface area contributed by atoms with Gasteiger partial charge in [-0.1, -0.05) is 18.2 Å². The van der Waals surface area contributed by atoms with E-state index in [1.165, 1.54) is 0 Å². The van der Waals surface area contributed by atoms with Crippen LogP contribution < -0.4 is 19.1 Å². The van der Waals surface area contributed by atoms with Gasteiger partial charge in [0.2, 0.25) is 0 Å². The van der Waals surface area contributed by atoms with Gasteiger partial charge in [-0.15, -0.1) is 0 Å². The molecule has 9 heteroatoms. The number of halogens is 1. The molecule has 0 saturated carbocycles. The van der Waals surface area contributed by atoms with E-state index in [9.17, 15) is 4.21 Å². The fourth-order valence-corrected chi connectivity index (χ4v) is 5.70. The molecule has 1 aromatic carbocycles. The van der Waals surface area contributed by atoms with Crippen LogP contribution in [-0.2, 0) is 11.0 Å². The van der Waals surface area contributed by atoms with Crippen LogP contribution in [0.1, 0.15) is 45.2 Å². The largest absolute Gasteiger partial charge is 0.485 e. The Bertz CT molecular complexity index is 1010. The number of piperidine rings is 1. The number of hydrogen-bond donors (Lipinski definition) is 1. The van der Waals surface area contributed by atoms with Gasteiger partial charge in [-0.2, -0.15) is 0 Å². The van der Waals surface area contributed by atoms with Crippen LogP contribution in [0, 0.1) is 0 Å². The summed E-state index contributed by atoms with van der Waals surface area (Å²) in [6.45, 7) is 7.24. The maximum atomic E-state index is 13.0. The fraction of sp³-hybridized carbons (Fsp3) is 0.524. The Morgan fingerprint density at radius 3 is 2.93 bits per heavy atom. The maximum absolute atomic E-state index is 13.0. The zero-order valence-corrected chi connectivity index (χ0v) is 19.6. The molecule has 160 valence electrons. The quantitative estimate of drug-likeness (QED) is 0.690. The second kappa shape index (κ2) is 7.17. The number of anilines is 1. The highest BCUT2D eigenvalue weighted by atomic mass is 79.9. The number of nitrogens with zero attached hydrogens (tertiary/aromatic N) is 3. The Hall–Kier alpha value is -1.71. The van der Waals surface area contributed by atoms with Gasteiger partial charge < -0.3 is 14.4 Å². The number of ether oxygens (including phenoxy) is 2. The molecule has 7 nitrogen and oxygen atoms in total. The molecule has 0 amide bonds. The van der Waals surface area contributed by atoms with Gasteiger partial charge in [-0.05, 0) is 42.8 Å². The lowest BCUT2D eigenvalue weighted by atomic mass is 9.79. The third-order valence-corrected chi connectivity index (χ3v) is 7.97. The monoisotopic (exact) mass is 492 g/mol. The number of rotatable bonds is 2. The van der Waals surface area contributed by atoms with E-state index < -0.39 is 16.6 Å². The summed E-state index contributed by atoms with van der Waals surface area (Å²) in [5.41, 5.74) is 0.597. The van der Waals surface area contributed by atoms with Crippen LogP contribution in [0.15, 0.2) is 35.1 Å². The first-order valence-electron chi connectivity index (χ1n) is 10.1. The second-order valence-corrected chi connectivity index (χ2v) is 11.9. The van der Waals surface area contributed by atoms with Crippen LogP contribution in [0.25, 0.3) is 0 Å². The summed E-state index contributed by atoms with van der Waals surface area (Å²) in [7, 11) is -1.21. The van der Waals surface area contributed by atoms with Crippen molar-refractivity contribution in [2.45, 2.75) is 56.0 Å². The number of hydrogen-bond acceptors (Lipinski definition) is 6. The van der Waals surface area contributed by atoms with Gasteiger partial charge in [0, 0.05) is 24.9 Å². The van der Waals surface area contributed by atoms with E-state index in [2.05, 4.69) is 41.6 Å². The number of benzene rings is 1. The minimum absolute atomic E-state index is 0.114. The standard InChI is InChI=1S/C21H25BrN4O3S/c1-20(2,3)30(27)25-17-14-6-4-5-7-15(14)29-21(17)8-9-26-13(10-21)12-28-19-18(26)23-11-16(22)24-19/h4-7,11,13,17,25H,8-10,12H2,1-3H3/t13-,17-,21?,30?/m1/s1. The van der Waals surface area contributed by atoms with E-state index in [1.54, 1.807) is 6.20 Å². The predicted molar refractivity (Wildman–Crippen MR) is 119 cm³/mol. The molecule has 3 aliphatic heterocycles. The second-order valence-electron chi connectivity index (χ2n) is 9.07. The van der Waals surface area contributed by atoms with E-state index in [-0.39, 0.29) is 16.8 Å². The van der Waals surface area contributed by atoms with Gasteiger partial charge >= 0.3 is 0 Å². The first-order valence-corrected chi connectivity index (χ1v) is 12.1. The van der Waals surface area contributed by atoms with Crippen molar-refractivity contribution in [2.24, 2.45) is 0 Å². The molecular formula is C21H25BrN4O3S. The highest BCUT2D eigenvalue weighted by molar-refractivity contribution is 9.10. The molecular weight excluding hydrogens is 468 g/mol. The van der Waals surface area contributed by atoms with Crippen molar-refractivity contribution in [1.29, 1.82) is 0 Å². The van der Waals surface area contributed by atoms with Crippen LogP contribution >= 0.6 is 15.9 Å². The summed E-state index contributed by atoms with van der Waals surface area (Å²) in [6, 6.07) is 8.04. The Morgan fingerprint density at radius 1 is 1.33 bits per heavy atom. The minimum Gasteiger partial charge on any atom is -0.485 e. The normalized spacial score (nSPS) is 28.2. The van der Waals surface area contributed by atoms with Crippen molar-refractivity contribution in [2.75, 3.05) is 18.1 Å². The van der Waals surface area contributed by atoms with Crippen molar-refractivity contribution in [1.82, 2.24) is 14.7 Å². The van der Waals surface area contributed by atoms with E-state index in [4.69, 9.17) is 9.47 Å². The van der Waals surface area contributed by atoms with Crippen LogP contribution in [0.5, 0.6) is 11.6 Å². The van der Waals surface area contributed by atoms with Gasteiger partial charge in [0.1, 0.15) is 22.6 Å². The minimum atomic E-state index is -1.21. The van der Waals surface area contributed by atoms with Crippen LogP contribution in [0.2, 0.25) is 0 Å². The molecule has 4 heterocycles. The molecule has 4 atom stereocenters. The van der Waals surface area contributed by atoms with E-state index in [0.29, 0.717) is 17.1 Å². The molecule has 1 aromatic heterocycles. The number of fused-ring (bicyclic) bond motifs is 4. The Balaban J connectivity index is 1.47. The summed E-state index contributed by atoms with van der Waals surface area (Å²) in [5.74, 6) is 2.22. The van der Waals surface area contributed by atoms with Crippen molar-refractivity contribution >= 4 is 32.7 Å². The number of aromatic nitrogens is 2. The first-order chi connectivity index (χ1) is 14.3. The highest BCUT2D eigenvalue weighted by Gasteiger charge is 2.54. The van der Waals surface area contributed by atoms with Crippen molar-refractivity contribution in [3.8, 4) is 11.6 Å². The third-order valence-electron chi connectivity index (χ3n) is 6.03. The van der Waals surface area contributed by atoms with E-state index in [0.717, 1.165) is 36.5 Å². The lowest BCUT2D eigenvalue weighted by Gasteiger charge is -2.48. The zero-order valence-electron chi connectivity index (χ0n) is 17.2. The number of nitrogens with one attached hydrogen (secondary N) is 1. The smallest absolute Gasteiger partial charge is 0.258 e. The summed E-state index contributed by atoms with van der Waals surface area (Å²) >= 11 is 3.36. The molecule has 3 aliphatic rings. The molecule has 1 spiro atoms. The molecule has 0 bridgehead atoms. The van der Waals surface area contributed by atoms with Gasteiger partial charge in [-0.25, -0.2) is 18.9 Å². The SMILES string of the molecule is CC(C)(C)S(=O)N[C@@H]1c2ccccc2OC12CCN1c3ncc(Br)nc3OC[C@H]1C2. The van der Waals surface area contributed by atoms with Crippen molar-refractivity contribution in [3.63, 3.8) is 0 Å². The Kier molecular flexibility index (Phi) is 4.83. The summed E-state index contributed by atoms with van der Waals surface area (Å²) < 4.78 is 29.3. The van der Waals surface area contributed by atoms with Gasteiger partial charge in [0.15, 0.2) is 5.82 Å². The summed E-state index contributed by atoms with van der Waals surface area (Å²) in [5, 5.41) is 0. The first kappa shape index (κ1) is 20.2. The maximum Gasteiger partial charge on any atom is 0.258 e. The Labute approximate surface area is 187 Å². The molecule has 0 aliphatic carbocycles. The average Bonchev–Trinajstić information content (AvgIpc) is 2.99. The predicted octanol–water partition coefficient (Wildman–Crippen LogP) is 3.52. The average molecular weight is 493 g/mol. The van der Waals surface area contributed by atoms with E-state index in [1.807, 2.05) is 39.0 Å². The molecule has 0 radical (unpaired) electrons. The molecule has 1 N–H and O–H groups in total. The third kappa shape index (κ3) is 3.31. The molecule has 30 heavy (non-hydrogen) atoms. The molecule has 2 unspecified atom stereocenters. The highest BCUT2D eigenvalue weighted by Crippen LogP contribution is 2.51. The topological polar surface area (TPSA) is 76.6 Å². The number of para-hydroxylation sites is 1. The van der Waals surface area contributed by atoms with Gasteiger partial charge in [0.05, 0.1) is 34.0 Å². The Morgan fingerprint density at radius 2 is 2.13 bits per heavy atom. The molecule has 1 saturated heterocycles. The van der Waals surface area contributed by atoms with Crippen LogP contribution in [0.4, 0.5) is 5.82 Å². The summed E-state index contributed by atoms with van der Waals surface area (Å²) in [6.07, 6.45) is 3.24. The van der Waals surface area contributed by atoms with Gasteiger partial charge in [0.25, 0.3) is 5.88 Å². The fourth-order valence-electron chi connectivity index (χ4n) is 4.53. The lowest BCUT2D eigenvalue weighted by molar-refractivity contribution is 0.0149.